The first-order valence-electron chi connectivity index (χ1n) is 6.87. The van der Waals surface area contributed by atoms with Gasteiger partial charge in [-0.25, -0.2) is 9.59 Å². The molecule has 5 nitrogen and oxygen atoms in total. The molecule has 114 valence electrons. The molecule has 0 aromatic heterocycles. The number of hydrogen-bond donors (Lipinski definition) is 2. The number of carbonyl (C=O) groups excluding carboxylic acids is 1. The van der Waals surface area contributed by atoms with E-state index in [0.29, 0.717) is 18.8 Å². The molecule has 1 aliphatic heterocycles. The molecule has 1 aromatic rings. The standard InChI is InChI=1S/C15H19BrN2O3/c1-15(2)5-7-18(8-6-15)14(21)17-12-9-10(16)3-4-11(12)13(19)20/h3-4,9H,5-8H2,1-2H3,(H,17,21)(H,19,20). The lowest BCUT2D eigenvalue weighted by atomic mass is 9.83. The number of carboxylic acids is 1. The number of carbonyl (C=O) groups is 2. The fourth-order valence-corrected chi connectivity index (χ4v) is 2.68. The first kappa shape index (κ1) is 15.8. The molecule has 1 aliphatic rings. The number of hydrogen-bond acceptors (Lipinski definition) is 2. The molecule has 0 unspecified atom stereocenters. The van der Waals surface area contributed by atoms with Crippen LogP contribution in [0.3, 0.4) is 0 Å². The molecule has 0 bridgehead atoms. The monoisotopic (exact) mass is 354 g/mol. The van der Waals surface area contributed by atoms with Gasteiger partial charge in [-0.3, -0.25) is 0 Å². The topological polar surface area (TPSA) is 69.6 Å². The summed E-state index contributed by atoms with van der Waals surface area (Å²) in [5.74, 6) is -1.06. The summed E-state index contributed by atoms with van der Waals surface area (Å²) in [6, 6.07) is 4.48. The van der Waals surface area contributed by atoms with E-state index in [1.54, 1.807) is 17.0 Å². The molecular weight excluding hydrogens is 336 g/mol. The number of urea groups is 1. The van der Waals surface area contributed by atoms with Gasteiger partial charge < -0.3 is 15.3 Å². The van der Waals surface area contributed by atoms with Gasteiger partial charge in [0, 0.05) is 17.6 Å². The van der Waals surface area contributed by atoms with E-state index in [-0.39, 0.29) is 17.0 Å². The highest BCUT2D eigenvalue weighted by Gasteiger charge is 2.28. The lowest BCUT2D eigenvalue weighted by molar-refractivity contribution is 0.0698. The highest BCUT2D eigenvalue weighted by atomic mass is 79.9. The van der Waals surface area contributed by atoms with E-state index in [9.17, 15) is 9.59 Å². The molecule has 0 atom stereocenters. The number of nitrogens with one attached hydrogen (secondary N) is 1. The molecule has 2 amide bonds. The number of piperidine rings is 1. The Balaban J connectivity index is 2.10. The maximum Gasteiger partial charge on any atom is 0.337 e. The summed E-state index contributed by atoms with van der Waals surface area (Å²) in [4.78, 5) is 25.2. The van der Waals surface area contributed by atoms with Crippen LogP contribution in [0.25, 0.3) is 0 Å². The Labute approximate surface area is 132 Å². The van der Waals surface area contributed by atoms with Crippen LogP contribution >= 0.6 is 15.9 Å². The molecule has 2 N–H and O–H groups in total. The normalized spacial score (nSPS) is 17.4. The fourth-order valence-electron chi connectivity index (χ4n) is 2.32. The van der Waals surface area contributed by atoms with Gasteiger partial charge in [0.1, 0.15) is 0 Å². The van der Waals surface area contributed by atoms with Gasteiger partial charge in [-0.05, 0) is 36.5 Å². The number of likely N-dealkylation sites (tertiary alicyclic amines) is 1. The largest absolute Gasteiger partial charge is 0.478 e. The van der Waals surface area contributed by atoms with E-state index < -0.39 is 5.97 Å². The van der Waals surface area contributed by atoms with Crippen LogP contribution in [0.15, 0.2) is 22.7 Å². The molecule has 1 aromatic carbocycles. The Kier molecular flexibility index (Phi) is 4.56. The Hall–Kier alpha value is -1.56. The van der Waals surface area contributed by atoms with E-state index in [1.165, 1.54) is 6.07 Å². The van der Waals surface area contributed by atoms with Crippen LogP contribution in [-0.4, -0.2) is 35.1 Å². The Morgan fingerprint density at radius 1 is 1.29 bits per heavy atom. The summed E-state index contributed by atoms with van der Waals surface area (Å²) in [5.41, 5.74) is 0.661. The minimum atomic E-state index is -1.06. The quantitative estimate of drug-likeness (QED) is 0.848. The molecule has 0 saturated carbocycles. The first-order valence-corrected chi connectivity index (χ1v) is 7.67. The number of benzene rings is 1. The number of amides is 2. The zero-order valence-corrected chi connectivity index (χ0v) is 13.7. The molecule has 21 heavy (non-hydrogen) atoms. The highest BCUT2D eigenvalue weighted by molar-refractivity contribution is 9.10. The van der Waals surface area contributed by atoms with Crippen molar-refractivity contribution in [3.63, 3.8) is 0 Å². The highest BCUT2D eigenvalue weighted by Crippen LogP contribution is 2.30. The van der Waals surface area contributed by atoms with Crippen LogP contribution in [0.2, 0.25) is 0 Å². The third-order valence-corrected chi connectivity index (χ3v) is 4.35. The van der Waals surface area contributed by atoms with Crippen molar-refractivity contribution in [3.8, 4) is 0 Å². The number of aromatic carboxylic acids is 1. The van der Waals surface area contributed by atoms with Crippen LogP contribution in [0, 0.1) is 5.41 Å². The first-order chi connectivity index (χ1) is 9.78. The van der Waals surface area contributed by atoms with Gasteiger partial charge in [-0.2, -0.15) is 0 Å². The minimum Gasteiger partial charge on any atom is -0.478 e. The average molecular weight is 355 g/mol. The second-order valence-corrected chi connectivity index (χ2v) is 6.99. The van der Waals surface area contributed by atoms with E-state index in [2.05, 4.69) is 35.1 Å². The van der Waals surface area contributed by atoms with Gasteiger partial charge in [-0.15, -0.1) is 0 Å². The molecular formula is C15H19BrN2O3. The third-order valence-electron chi connectivity index (χ3n) is 3.86. The van der Waals surface area contributed by atoms with Crippen molar-refractivity contribution in [2.24, 2.45) is 5.41 Å². The molecule has 1 saturated heterocycles. The predicted octanol–water partition coefficient (Wildman–Crippen LogP) is 3.80. The molecule has 1 heterocycles. The lowest BCUT2D eigenvalue weighted by Gasteiger charge is -2.36. The maximum absolute atomic E-state index is 12.3. The maximum atomic E-state index is 12.3. The van der Waals surface area contributed by atoms with Crippen LogP contribution < -0.4 is 5.32 Å². The molecule has 0 spiro atoms. The van der Waals surface area contributed by atoms with Crippen LogP contribution in [-0.2, 0) is 0 Å². The Bertz CT molecular complexity index is 562. The van der Waals surface area contributed by atoms with E-state index in [4.69, 9.17) is 5.11 Å². The Morgan fingerprint density at radius 3 is 2.48 bits per heavy atom. The van der Waals surface area contributed by atoms with E-state index in [1.807, 2.05) is 0 Å². The predicted molar refractivity (Wildman–Crippen MR) is 84.7 cm³/mol. The molecule has 0 aliphatic carbocycles. The Morgan fingerprint density at radius 2 is 1.90 bits per heavy atom. The molecule has 6 heteroatoms. The second kappa shape index (κ2) is 6.05. The van der Waals surface area contributed by atoms with E-state index in [0.717, 1.165) is 17.3 Å². The van der Waals surface area contributed by atoms with E-state index >= 15 is 0 Å². The van der Waals surface area contributed by atoms with Gasteiger partial charge in [0.05, 0.1) is 11.3 Å². The van der Waals surface area contributed by atoms with Gasteiger partial charge in [0.15, 0.2) is 0 Å². The van der Waals surface area contributed by atoms with Crippen molar-refractivity contribution in [3.05, 3.63) is 28.2 Å². The van der Waals surface area contributed by atoms with Crippen molar-refractivity contribution in [1.29, 1.82) is 0 Å². The van der Waals surface area contributed by atoms with Crippen LogP contribution in [0.4, 0.5) is 10.5 Å². The second-order valence-electron chi connectivity index (χ2n) is 6.08. The van der Waals surface area contributed by atoms with Crippen molar-refractivity contribution < 1.29 is 14.7 Å². The molecule has 1 fully saturated rings. The van der Waals surface area contributed by atoms with Gasteiger partial charge in [0.25, 0.3) is 0 Å². The van der Waals surface area contributed by atoms with Gasteiger partial charge in [-0.1, -0.05) is 29.8 Å². The average Bonchev–Trinajstić information content (AvgIpc) is 2.38. The van der Waals surface area contributed by atoms with Crippen molar-refractivity contribution in [1.82, 2.24) is 4.90 Å². The number of anilines is 1. The summed E-state index contributed by atoms with van der Waals surface area (Å²) in [6.45, 7) is 5.77. The lowest BCUT2D eigenvalue weighted by Crippen LogP contribution is -2.43. The number of carboxylic acid groups (broad SMARTS) is 1. The van der Waals surface area contributed by atoms with Crippen molar-refractivity contribution in [2.45, 2.75) is 26.7 Å². The summed E-state index contributed by atoms with van der Waals surface area (Å²) in [6.07, 6.45) is 1.90. The van der Waals surface area contributed by atoms with Crippen LogP contribution in [0.1, 0.15) is 37.0 Å². The third kappa shape index (κ3) is 3.97. The van der Waals surface area contributed by atoms with Crippen LogP contribution in [0.5, 0.6) is 0 Å². The zero-order valence-electron chi connectivity index (χ0n) is 12.1. The zero-order chi connectivity index (χ0) is 15.6. The smallest absolute Gasteiger partial charge is 0.337 e. The van der Waals surface area contributed by atoms with Crippen molar-refractivity contribution >= 4 is 33.6 Å². The summed E-state index contributed by atoms with van der Waals surface area (Å²) in [7, 11) is 0. The SMILES string of the molecule is CC1(C)CCN(C(=O)Nc2cc(Br)ccc2C(=O)O)CC1. The summed E-state index contributed by atoms with van der Waals surface area (Å²) < 4.78 is 0.725. The summed E-state index contributed by atoms with van der Waals surface area (Å²) in [5, 5.41) is 11.9. The van der Waals surface area contributed by atoms with Gasteiger partial charge in [0.2, 0.25) is 0 Å². The fraction of sp³-hybridized carbons (Fsp3) is 0.467. The molecule has 2 rings (SSSR count). The number of rotatable bonds is 2. The molecule has 0 radical (unpaired) electrons. The van der Waals surface area contributed by atoms with Crippen molar-refractivity contribution in [2.75, 3.05) is 18.4 Å². The number of halogens is 1. The van der Waals surface area contributed by atoms with Gasteiger partial charge >= 0.3 is 12.0 Å². The minimum absolute atomic E-state index is 0.0869. The summed E-state index contributed by atoms with van der Waals surface area (Å²) >= 11 is 3.29. The number of nitrogens with zero attached hydrogens (tertiary/aromatic N) is 1.